The third-order valence-electron chi connectivity index (χ3n) is 5.78. The number of rotatable bonds is 3. The van der Waals surface area contributed by atoms with Crippen LogP contribution in [-0.4, -0.2) is 26.2 Å². The van der Waals surface area contributed by atoms with Crippen LogP contribution in [0.25, 0.3) is 0 Å². The number of allylic oxidation sites excluding steroid dienone is 3. The van der Waals surface area contributed by atoms with Crippen molar-refractivity contribution in [3.63, 3.8) is 0 Å². The Morgan fingerprint density at radius 2 is 1.64 bits per heavy atom. The first-order chi connectivity index (χ1) is 11.9. The van der Waals surface area contributed by atoms with Crippen LogP contribution in [0.2, 0.25) is 0 Å². The number of benzene rings is 1. The molecule has 2 aliphatic carbocycles. The van der Waals surface area contributed by atoms with Crippen molar-refractivity contribution in [1.29, 1.82) is 0 Å². The molecular weight excluding hydrogens is 316 g/mol. The molecule has 4 nitrogen and oxygen atoms in total. The summed E-state index contributed by atoms with van der Waals surface area (Å²) < 4.78 is 9.88. The fourth-order valence-corrected chi connectivity index (χ4v) is 4.35. The van der Waals surface area contributed by atoms with Gasteiger partial charge in [-0.05, 0) is 28.9 Å². The van der Waals surface area contributed by atoms with E-state index < -0.39 is 17.4 Å². The summed E-state index contributed by atoms with van der Waals surface area (Å²) in [6, 6.07) is 10.3. The zero-order valence-electron chi connectivity index (χ0n) is 15.1. The SMILES string of the molecule is COC(=O)C1(C(=O)OC)C=C2C=C[C@H](c3ccccc3)C(C)(C)[C@H]2C1. The minimum atomic E-state index is -1.35. The Morgan fingerprint density at radius 1 is 1.04 bits per heavy atom. The number of hydrogen-bond acceptors (Lipinski definition) is 4. The minimum Gasteiger partial charge on any atom is -0.468 e. The molecule has 132 valence electrons. The summed E-state index contributed by atoms with van der Waals surface area (Å²) in [6.45, 7) is 4.38. The van der Waals surface area contributed by atoms with Gasteiger partial charge in [-0.15, -0.1) is 0 Å². The predicted octanol–water partition coefficient (Wildman–Crippen LogP) is 3.64. The molecule has 2 aliphatic rings. The molecule has 3 rings (SSSR count). The van der Waals surface area contributed by atoms with Crippen molar-refractivity contribution < 1.29 is 19.1 Å². The van der Waals surface area contributed by atoms with E-state index in [9.17, 15) is 9.59 Å². The van der Waals surface area contributed by atoms with E-state index in [1.165, 1.54) is 19.8 Å². The maximum absolute atomic E-state index is 12.5. The van der Waals surface area contributed by atoms with Crippen LogP contribution in [0.15, 0.2) is 54.1 Å². The second-order valence-corrected chi connectivity index (χ2v) is 7.42. The number of carbonyl (C=O) groups excluding carboxylic acids is 2. The fourth-order valence-electron chi connectivity index (χ4n) is 4.35. The number of hydrogen-bond donors (Lipinski definition) is 0. The molecule has 0 spiro atoms. The summed E-state index contributed by atoms with van der Waals surface area (Å²) in [5.74, 6) is -0.828. The van der Waals surface area contributed by atoms with E-state index in [1.807, 2.05) is 24.3 Å². The largest absolute Gasteiger partial charge is 0.468 e. The Labute approximate surface area is 148 Å². The van der Waals surface area contributed by atoms with E-state index in [-0.39, 0.29) is 17.3 Å². The van der Waals surface area contributed by atoms with E-state index in [1.54, 1.807) is 6.08 Å². The summed E-state index contributed by atoms with van der Waals surface area (Å²) in [5.41, 5.74) is 0.743. The van der Waals surface area contributed by atoms with Crippen molar-refractivity contribution in [1.82, 2.24) is 0 Å². The van der Waals surface area contributed by atoms with Crippen molar-refractivity contribution in [3.8, 4) is 0 Å². The van der Waals surface area contributed by atoms with Gasteiger partial charge in [0.1, 0.15) is 0 Å². The van der Waals surface area contributed by atoms with Crippen molar-refractivity contribution >= 4 is 11.9 Å². The summed E-state index contributed by atoms with van der Waals surface area (Å²) in [6.07, 6.45) is 6.33. The van der Waals surface area contributed by atoms with Gasteiger partial charge in [-0.2, -0.15) is 0 Å². The van der Waals surface area contributed by atoms with Crippen LogP contribution in [0.4, 0.5) is 0 Å². The van der Waals surface area contributed by atoms with Gasteiger partial charge in [0.05, 0.1) is 14.2 Å². The molecule has 1 aromatic carbocycles. The van der Waals surface area contributed by atoms with Gasteiger partial charge in [0.25, 0.3) is 0 Å². The van der Waals surface area contributed by atoms with Crippen molar-refractivity contribution in [2.24, 2.45) is 16.7 Å². The molecule has 0 saturated heterocycles. The molecule has 0 unspecified atom stereocenters. The molecule has 0 heterocycles. The first-order valence-corrected chi connectivity index (χ1v) is 8.49. The monoisotopic (exact) mass is 340 g/mol. The molecule has 25 heavy (non-hydrogen) atoms. The third kappa shape index (κ3) is 2.60. The normalized spacial score (nSPS) is 25.7. The van der Waals surface area contributed by atoms with Gasteiger partial charge in [-0.25, -0.2) is 0 Å². The van der Waals surface area contributed by atoms with Gasteiger partial charge in [-0.1, -0.05) is 62.4 Å². The number of methoxy groups -OCH3 is 2. The highest BCUT2D eigenvalue weighted by atomic mass is 16.5. The summed E-state index contributed by atoms with van der Waals surface area (Å²) >= 11 is 0. The summed E-state index contributed by atoms with van der Waals surface area (Å²) in [4.78, 5) is 24.9. The average molecular weight is 340 g/mol. The standard InChI is InChI=1S/C21H24O4/c1-20(2)16(14-8-6-5-7-9-14)11-10-15-12-21(13-17(15)20,18(22)24-3)19(23)25-4/h5-12,16-17H,13H2,1-4H3/t16-,17+/m1/s1. The number of ether oxygens (including phenoxy) is 2. The van der Waals surface area contributed by atoms with Crippen molar-refractivity contribution in [2.45, 2.75) is 26.2 Å². The molecule has 0 aromatic heterocycles. The second kappa shape index (κ2) is 6.17. The van der Waals surface area contributed by atoms with E-state index in [4.69, 9.17) is 9.47 Å². The van der Waals surface area contributed by atoms with E-state index in [2.05, 4.69) is 32.1 Å². The van der Waals surface area contributed by atoms with Gasteiger partial charge < -0.3 is 9.47 Å². The highest BCUT2D eigenvalue weighted by Crippen LogP contribution is 2.57. The van der Waals surface area contributed by atoms with Crippen LogP contribution in [-0.2, 0) is 19.1 Å². The summed E-state index contributed by atoms with van der Waals surface area (Å²) in [5, 5.41) is 0. The Balaban J connectivity index is 2.02. The molecule has 1 aromatic rings. The molecule has 0 amide bonds. The van der Waals surface area contributed by atoms with Gasteiger partial charge in [0.2, 0.25) is 0 Å². The lowest BCUT2D eigenvalue weighted by Gasteiger charge is -2.43. The Kier molecular flexibility index (Phi) is 4.31. The molecular formula is C21H24O4. The zero-order valence-corrected chi connectivity index (χ0v) is 15.1. The first-order valence-electron chi connectivity index (χ1n) is 8.49. The summed E-state index contributed by atoms with van der Waals surface area (Å²) in [7, 11) is 2.61. The van der Waals surface area contributed by atoms with Gasteiger partial charge in [0.15, 0.2) is 5.41 Å². The maximum atomic E-state index is 12.5. The lowest BCUT2D eigenvalue weighted by atomic mass is 9.61. The number of esters is 2. The van der Waals surface area contributed by atoms with Crippen LogP contribution in [0, 0.1) is 16.7 Å². The molecule has 0 aliphatic heterocycles. The van der Waals surface area contributed by atoms with Gasteiger partial charge >= 0.3 is 11.9 Å². The topological polar surface area (TPSA) is 52.6 Å². The Morgan fingerprint density at radius 3 is 2.20 bits per heavy atom. The Bertz CT molecular complexity index is 726. The van der Waals surface area contributed by atoms with Crippen LogP contribution in [0.5, 0.6) is 0 Å². The smallest absolute Gasteiger partial charge is 0.327 e. The second-order valence-electron chi connectivity index (χ2n) is 7.42. The predicted molar refractivity (Wildman–Crippen MR) is 94.8 cm³/mol. The maximum Gasteiger partial charge on any atom is 0.327 e. The first kappa shape index (κ1) is 17.5. The molecule has 0 saturated carbocycles. The molecule has 0 fully saturated rings. The zero-order chi connectivity index (χ0) is 18.2. The molecule has 4 heteroatoms. The van der Waals surface area contributed by atoms with E-state index >= 15 is 0 Å². The molecule has 2 atom stereocenters. The average Bonchev–Trinajstić information content (AvgIpc) is 3.03. The number of fused-ring (bicyclic) bond motifs is 1. The molecule has 0 N–H and O–H groups in total. The van der Waals surface area contributed by atoms with Gasteiger partial charge in [0, 0.05) is 5.92 Å². The fraction of sp³-hybridized carbons (Fsp3) is 0.429. The Hall–Kier alpha value is -2.36. The van der Waals surface area contributed by atoms with Gasteiger partial charge in [-0.3, -0.25) is 9.59 Å². The van der Waals surface area contributed by atoms with Crippen LogP contribution < -0.4 is 0 Å². The van der Waals surface area contributed by atoms with Crippen molar-refractivity contribution in [2.75, 3.05) is 14.2 Å². The highest BCUT2D eigenvalue weighted by molar-refractivity contribution is 6.03. The van der Waals surface area contributed by atoms with E-state index in [0.717, 1.165) is 5.57 Å². The van der Waals surface area contributed by atoms with Crippen LogP contribution in [0.3, 0.4) is 0 Å². The molecule has 0 bridgehead atoms. The third-order valence-corrected chi connectivity index (χ3v) is 5.78. The minimum absolute atomic E-state index is 0.0703. The lowest BCUT2D eigenvalue weighted by molar-refractivity contribution is -0.165. The molecule has 0 radical (unpaired) electrons. The number of carbonyl (C=O) groups is 2. The van der Waals surface area contributed by atoms with E-state index in [0.29, 0.717) is 6.42 Å². The highest BCUT2D eigenvalue weighted by Gasteiger charge is 2.57. The van der Waals surface area contributed by atoms with Crippen molar-refractivity contribution in [3.05, 3.63) is 59.7 Å². The quantitative estimate of drug-likeness (QED) is 0.623. The lowest BCUT2D eigenvalue weighted by Crippen LogP contribution is -2.41. The van der Waals surface area contributed by atoms with Crippen LogP contribution in [0.1, 0.15) is 31.7 Å². The van der Waals surface area contributed by atoms with Crippen LogP contribution >= 0.6 is 0 Å².